The Hall–Kier alpha value is -1.09. The molecule has 0 bridgehead atoms. The predicted octanol–water partition coefficient (Wildman–Crippen LogP) is 1.01. The number of piperidine rings is 1. The monoisotopic (exact) mass is 177 g/mol. The first-order valence-electron chi connectivity index (χ1n) is 4.77. The molecule has 1 saturated heterocycles. The highest BCUT2D eigenvalue weighted by atomic mass is 15.2. The van der Waals surface area contributed by atoms with E-state index in [2.05, 4.69) is 16.0 Å². The van der Waals surface area contributed by atoms with Crippen LogP contribution < -0.4 is 10.6 Å². The van der Waals surface area contributed by atoms with E-state index in [0.29, 0.717) is 6.04 Å². The predicted molar refractivity (Wildman–Crippen MR) is 53.7 cm³/mol. The second-order valence-corrected chi connectivity index (χ2v) is 3.56. The molecule has 1 atom stereocenters. The van der Waals surface area contributed by atoms with Gasteiger partial charge < -0.3 is 10.6 Å². The van der Waals surface area contributed by atoms with E-state index in [9.17, 15) is 0 Å². The summed E-state index contributed by atoms with van der Waals surface area (Å²) in [6, 6.07) is 4.38. The number of aromatic nitrogens is 1. The third-order valence-electron chi connectivity index (χ3n) is 2.47. The fourth-order valence-corrected chi connectivity index (χ4v) is 1.79. The van der Waals surface area contributed by atoms with Gasteiger partial charge in [-0.15, -0.1) is 0 Å². The Morgan fingerprint density at radius 1 is 1.54 bits per heavy atom. The molecule has 0 aromatic carbocycles. The summed E-state index contributed by atoms with van der Waals surface area (Å²) in [4.78, 5) is 6.41. The van der Waals surface area contributed by atoms with Gasteiger partial charge in [-0.05, 0) is 25.0 Å². The molecule has 2 heterocycles. The van der Waals surface area contributed by atoms with Crippen molar-refractivity contribution in [3.8, 4) is 0 Å². The summed E-state index contributed by atoms with van der Waals surface area (Å²) in [5.74, 6) is 0. The van der Waals surface area contributed by atoms with Crippen LogP contribution in [0.25, 0.3) is 0 Å². The number of hydrogen-bond donors (Lipinski definition) is 1. The highest BCUT2D eigenvalue weighted by molar-refractivity contribution is 5.44. The minimum Gasteiger partial charge on any atom is -0.369 e. The molecule has 1 aliphatic rings. The van der Waals surface area contributed by atoms with Gasteiger partial charge in [-0.25, -0.2) is 0 Å². The Morgan fingerprint density at radius 3 is 3.15 bits per heavy atom. The molecule has 70 valence electrons. The van der Waals surface area contributed by atoms with Crippen molar-refractivity contribution in [1.82, 2.24) is 4.98 Å². The average Bonchev–Trinajstić information content (AvgIpc) is 2.19. The van der Waals surface area contributed by atoms with Crippen molar-refractivity contribution in [1.29, 1.82) is 0 Å². The van der Waals surface area contributed by atoms with Crippen LogP contribution in [0.1, 0.15) is 12.8 Å². The van der Waals surface area contributed by atoms with Crippen molar-refractivity contribution in [2.24, 2.45) is 5.73 Å². The normalized spacial score (nSPS) is 23.2. The molecule has 3 nitrogen and oxygen atoms in total. The van der Waals surface area contributed by atoms with Crippen LogP contribution in [0.15, 0.2) is 24.5 Å². The van der Waals surface area contributed by atoms with E-state index in [1.165, 1.54) is 12.1 Å². The second-order valence-electron chi connectivity index (χ2n) is 3.56. The van der Waals surface area contributed by atoms with Gasteiger partial charge in [0.05, 0.1) is 11.9 Å². The Kier molecular flexibility index (Phi) is 2.45. The van der Waals surface area contributed by atoms with Gasteiger partial charge in [0.2, 0.25) is 0 Å². The number of rotatable bonds is 1. The minimum atomic E-state index is 0.328. The molecule has 13 heavy (non-hydrogen) atoms. The quantitative estimate of drug-likeness (QED) is 0.696. The van der Waals surface area contributed by atoms with Crippen LogP contribution in [-0.4, -0.2) is 24.1 Å². The van der Waals surface area contributed by atoms with E-state index in [4.69, 9.17) is 5.73 Å². The van der Waals surface area contributed by atoms with Gasteiger partial charge >= 0.3 is 0 Å². The molecule has 1 aromatic heterocycles. The Morgan fingerprint density at radius 2 is 2.46 bits per heavy atom. The smallest absolute Gasteiger partial charge is 0.0553 e. The maximum Gasteiger partial charge on any atom is 0.0553 e. The zero-order valence-corrected chi connectivity index (χ0v) is 7.69. The molecule has 0 radical (unpaired) electrons. The lowest BCUT2D eigenvalue weighted by Gasteiger charge is -2.32. The van der Waals surface area contributed by atoms with Crippen LogP contribution in [0.4, 0.5) is 5.69 Å². The Bertz CT molecular complexity index is 260. The van der Waals surface area contributed by atoms with Crippen molar-refractivity contribution >= 4 is 5.69 Å². The Labute approximate surface area is 78.6 Å². The number of pyridine rings is 1. The molecule has 0 aliphatic carbocycles. The maximum atomic E-state index is 5.90. The number of nitrogens with zero attached hydrogens (tertiary/aromatic N) is 2. The summed E-state index contributed by atoms with van der Waals surface area (Å²) < 4.78 is 0. The summed E-state index contributed by atoms with van der Waals surface area (Å²) in [6.45, 7) is 2.07. The number of anilines is 1. The first kappa shape index (κ1) is 8.51. The summed E-state index contributed by atoms with van der Waals surface area (Å²) >= 11 is 0. The molecule has 0 saturated carbocycles. The lowest BCUT2D eigenvalue weighted by Crippen LogP contribution is -2.42. The zero-order valence-electron chi connectivity index (χ0n) is 7.69. The lowest BCUT2D eigenvalue weighted by atomic mass is 10.1. The van der Waals surface area contributed by atoms with Crippen molar-refractivity contribution < 1.29 is 0 Å². The van der Waals surface area contributed by atoms with Gasteiger partial charge in [0.1, 0.15) is 0 Å². The summed E-state index contributed by atoms with van der Waals surface area (Å²) in [5, 5.41) is 0. The SMILES string of the molecule is N[C@@H]1CCCN(c2cccnc2)C1. The highest BCUT2D eigenvalue weighted by Crippen LogP contribution is 2.17. The van der Waals surface area contributed by atoms with Crippen LogP contribution in [-0.2, 0) is 0 Å². The van der Waals surface area contributed by atoms with Crippen molar-refractivity contribution in [3.63, 3.8) is 0 Å². The van der Waals surface area contributed by atoms with Crippen molar-refractivity contribution in [2.75, 3.05) is 18.0 Å². The minimum absolute atomic E-state index is 0.328. The highest BCUT2D eigenvalue weighted by Gasteiger charge is 2.16. The van der Waals surface area contributed by atoms with Gasteiger partial charge in [0.15, 0.2) is 0 Å². The van der Waals surface area contributed by atoms with E-state index in [1.54, 1.807) is 6.20 Å². The standard InChI is InChI=1S/C10H15N3/c11-9-3-2-6-13(8-9)10-4-1-5-12-7-10/h1,4-5,7,9H,2-3,6,8,11H2/t9-/m1/s1. The topological polar surface area (TPSA) is 42.1 Å². The molecule has 2 N–H and O–H groups in total. The van der Waals surface area contributed by atoms with Gasteiger partial charge in [-0.3, -0.25) is 4.98 Å². The lowest BCUT2D eigenvalue weighted by molar-refractivity contribution is 0.506. The molecular weight excluding hydrogens is 162 g/mol. The summed E-state index contributed by atoms with van der Waals surface area (Å²) in [6.07, 6.45) is 6.04. The average molecular weight is 177 g/mol. The third-order valence-corrected chi connectivity index (χ3v) is 2.47. The first-order valence-corrected chi connectivity index (χ1v) is 4.77. The second kappa shape index (κ2) is 3.75. The van der Waals surface area contributed by atoms with Crippen LogP contribution in [0, 0.1) is 0 Å². The molecule has 2 rings (SSSR count). The molecule has 0 unspecified atom stereocenters. The van der Waals surface area contributed by atoms with Gasteiger partial charge in [0, 0.05) is 25.3 Å². The fourth-order valence-electron chi connectivity index (χ4n) is 1.79. The van der Waals surface area contributed by atoms with Crippen LogP contribution >= 0.6 is 0 Å². The number of nitrogens with two attached hydrogens (primary N) is 1. The zero-order chi connectivity index (χ0) is 9.10. The fraction of sp³-hybridized carbons (Fsp3) is 0.500. The van der Waals surface area contributed by atoms with Crippen molar-refractivity contribution in [2.45, 2.75) is 18.9 Å². The van der Waals surface area contributed by atoms with E-state index in [-0.39, 0.29) is 0 Å². The number of hydrogen-bond acceptors (Lipinski definition) is 3. The van der Waals surface area contributed by atoms with Crippen molar-refractivity contribution in [3.05, 3.63) is 24.5 Å². The molecule has 1 aliphatic heterocycles. The maximum absolute atomic E-state index is 5.90. The van der Waals surface area contributed by atoms with E-state index in [1.807, 2.05) is 12.3 Å². The van der Waals surface area contributed by atoms with E-state index < -0.39 is 0 Å². The molecule has 1 fully saturated rings. The molecule has 0 amide bonds. The molecule has 0 spiro atoms. The van der Waals surface area contributed by atoms with E-state index in [0.717, 1.165) is 19.5 Å². The van der Waals surface area contributed by atoms with Crippen LogP contribution in [0.3, 0.4) is 0 Å². The third kappa shape index (κ3) is 1.98. The Balaban J connectivity index is 2.08. The van der Waals surface area contributed by atoms with E-state index >= 15 is 0 Å². The largest absolute Gasteiger partial charge is 0.369 e. The first-order chi connectivity index (χ1) is 6.36. The van der Waals surface area contributed by atoms with Gasteiger partial charge in [-0.2, -0.15) is 0 Å². The van der Waals surface area contributed by atoms with Crippen LogP contribution in [0.2, 0.25) is 0 Å². The van der Waals surface area contributed by atoms with Crippen LogP contribution in [0.5, 0.6) is 0 Å². The summed E-state index contributed by atoms with van der Waals surface area (Å²) in [7, 11) is 0. The van der Waals surface area contributed by atoms with Gasteiger partial charge in [-0.1, -0.05) is 0 Å². The molecular formula is C10H15N3. The van der Waals surface area contributed by atoms with Gasteiger partial charge in [0.25, 0.3) is 0 Å². The molecule has 3 heteroatoms. The molecule has 1 aromatic rings. The summed E-state index contributed by atoms with van der Waals surface area (Å²) in [5.41, 5.74) is 7.09.